The molecule has 2 saturated heterocycles. The maximum absolute atomic E-state index is 13.3. The standard InChI is InChI=1S/C42H41N5O7/c1-28-43-37(31-16-20-33(21-17-31)44-39(48)35-14-8-24-46(35)41(50)52-26-29-10-4-2-5-11-29)38(54-28)32-18-22-34(23-19-32)45-40(49)36-15-9-25-47(36)42(51)53-27-30-12-6-3-7-13-30/h2-7,10-13,16-23,35-36H,8-9,14-15,24-27H2,1H3,(H,44,48)(H,45,49)/t35-,36-/m0/s1. The summed E-state index contributed by atoms with van der Waals surface area (Å²) in [6, 6.07) is 32.1. The molecule has 12 nitrogen and oxygen atoms in total. The van der Waals surface area contributed by atoms with Crippen molar-refractivity contribution in [2.24, 2.45) is 0 Å². The Morgan fingerprint density at radius 3 is 1.56 bits per heavy atom. The molecule has 276 valence electrons. The molecule has 2 aliphatic heterocycles. The molecule has 2 atom stereocenters. The lowest BCUT2D eigenvalue weighted by Crippen LogP contribution is -2.43. The van der Waals surface area contributed by atoms with Gasteiger partial charge in [0.2, 0.25) is 11.8 Å². The van der Waals surface area contributed by atoms with Gasteiger partial charge in [0.15, 0.2) is 11.7 Å². The predicted molar refractivity (Wildman–Crippen MR) is 202 cm³/mol. The second-order valence-corrected chi connectivity index (χ2v) is 13.3. The van der Waals surface area contributed by atoms with Crippen LogP contribution >= 0.6 is 0 Å². The van der Waals surface area contributed by atoms with Gasteiger partial charge in [0.25, 0.3) is 0 Å². The van der Waals surface area contributed by atoms with Gasteiger partial charge in [-0.25, -0.2) is 14.6 Å². The highest BCUT2D eigenvalue weighted by atomic mass is 16.6. The van der Waals surface area contributed by atoms with Crippen LogP contribution in [-0.2, 0) is 32.3 Å². The van der Waals surface area contributed by atoms with Crippen LogP contribution in [0.3, 0.4) is 0 Å². The lowest BCUT2D eigenvalue weighted by atomic mass is 10.0. The quantitative estimate of drug-likeness (QED) is 0.148. The summed E-state index contributed by atoms with van der Waals surface area (Å²) < 4.78 is 17.0. The summed E-state index contributed by atoms with van der Waals surface area (Å²) in [5.74, 6) is 0.492. The van der Waals surface area contributed by atoms with Gasteiger partial charge in [0.1, 0.15) is 31.0 Å². The third-order valence-corrected chi connectivity index (χ3v) is 9.56. The summed E-state index contributed by atoms with van der Waals surface area (Å²) in [6.45, 7) is 2.97. The Kier molecular flexibility index (Phi) is 11.0. The number of aromatic nitrogens is 1. The van der Waals surface area contributed by atoms with Gasteiger partial charge in [0, 0.05) is 42.5 Å². The van der Waals surface area contributed by atoms with Gasteiger partial charge >= 0.3 is 12.2 Å². The van der Waals surface area contributed by atoms with E-state index in [0.29, 0.717) is 67.5 Å². The van der Waals surface area contributed by atoms with Crippen molar-refractivity contribution < 1.29 is 33.1 Å². The number of hydrogen-bond donors (Lipinski definition) is 2. The molecule has 7 rings (SSSR count). The van der Waals surface area contributed by atoms with E-state index in [1.54, 1.807) is 31.2 Å². The monoisotopic (exact) mass is 727 g/mol. The molecule has 0 unspecified atom stereocenters. The van der Waals surface area contributed by atoms with Crippen molar-refractivity contribution >= 4 is 35.4 Å². The number of carbonyl (C=O) groups excluding carboxylic acids is 4. The van der Waals surface area contributed by atoms with Gasteiger partial charge in [-0.15, -0.1) is 0 Å². The second-order valence-electron chi connectivity index (χ2n) is 13.3. The lowest BCUT2D eigenvalue weighted by molar-refractivity contribution is -0.120. The van der Waals surface area contributed by atoms with Crippen molar-refractivity contribution in [3.05, 3.63) is 126 Å². The van der Waals surface area contributed by atoms with Crippen molar-refractivity contribution in [2.75, 3.05) is 23.7 Å². The number of anilines is 2. The van der Waals surface area contributed by atoms with Crippen molar-refractivity contribution in [3.63, 3.8) is 0 Å². The predicted octanol–water partition coefficient (Wildman–Crippen LogP) is 7.80. The number of ether oxygens (including phenoxy) is 2. The molecule has 0 bridgehead atoms. The van der Waals surface area contributed by atoms with Gasteiger partial charge in [-0.2, -0.15) is 0 Å². The zero-order valence-corrected chi connectivity index (χ0v) is 29.9. The molecule has 0 aliphatic carbocycles. The fourth-order valence-corrected chi connectivity index (χ4v) is 6.81. The van der Waals surface area contributed by atoms with Crippen LogP contribution < -0.4 is 10.6 Å². The maximum Gasteiger partial charge on any atom is 0.410 e. The lowest BCUT2D eigenvalue weighted by Gasteiger charge is -2.23. The van der Waals surface area contributed by atoms with E-state index in [4.69, 9.17) is 13.9 Å². The summed E-state index contributed by atoms with van der Waals surface area (Å²) in [7, 11) is 0. The first-order valence-electron chi connectivity index (χ1n) is 18.1. The Labute approximate surface area is 313 Å². The molecule has 4 aromatic carbocycles. The van der Waals surface area contributed by atoms with Gasteiger partial charge < -0.3 is 24.5 Å². The number of likely N-dealkylation sites (tertiary alicyclic amines) is 2. The zero-order valence-electron chi connectivity index (χ0n) is 29.9. The molecular weight excluding hydrogens is 686 g/mol. The third-order valence-electron chi connectivity index (χ3n) is 9.56. The van der Waals surface area contributed by atoms with Crippen LogP contribution in [0.1, 0.15) is 42.7 Å². The molecule has 12 heteroatoms. The minimum atomic E-state index is -0.622. The first-order chi connectivity index (χ1) is 26.3. The number of carbonyl (C=O) groups is 4. The van der Waals surface area contributed by atoms with Crippen molar-refractivity contribution in [1.29, 1.82) is 0 Å². The maximum atomic E-state index is 13.3. The number of nitrogens with zero attached hydrogens (tertiary/aromatic N) is 3. The van der Waals surface area contributed by atoms with Crippen LogP contribution in [0.25, 0.3) is 22.6 Å². The molecule has 5 aromatic rings. The minimum absolute atomic E-state index is 0.143. The van der Waals surface area contributed by atoms with E-state index in [9.17, 15) is 19.2 Å². The highest BCUT2D eigenvalue weighted by Gasteiger charge is 2.36. The van der Waals surface area contributed by atoms with Gasteiger partial charge in [-0.05, 0) is 73.2 Å². The van der Waals surface area contributed by atoms with Crippen molar-refractivity contribution in [2.45, 2.75) is 57.9 Å². The number of rotatable bonds is 10. The number of amides is 4. The molecule has 2 fully saturated rings. The molecule has 0 spiro atoms. The van der Waals surface area contributed by atoms with E-state index in [2.05, 4.69) is 15.6 Å². The summed E-state index contributed by atoms with van der Waals surface area (Å²) in [6.07, 6.45) is 1.52. The fourth-order valence-electron chi connectivity index (χ4n) is 6.81. The van der Waals surface area contributed by atoms with Gasteiger partial charge in [-0.1, -0.05) is 72.8 Å². The Bertz CT molecular complexity index is 1940. The van der Waals surface area contributed by atoms with Crippen LogP contribution in [0.2, 0.25) is 0 Å². The average molecular weight is 728 g/mol. The van der Waals surface area contributed by atoms with E-state index in [1.165, 1.54) is 9.80 Å². The van der Waals surface area contributed by atoms with E-state index in [0.717, 1.165) is 22.3 Å². The summed E-state index contributed by atoms with van der Waals surface area (Å²) in [5, 5.41) is 5.88. The molecule has 3 heterocycles. The molecule has 0 saturated carbocycles. The summed E-state index contributed by atoms with van der Waals surface area (Å²) in [5.41, 5.74) is 5.09. The molecule has 0 radical (unpaired) electrons. The third kappa shape index (κ3) is 8.44. The van der Waals surface area contributed by atoms with Gasteiger partial charge in [-0.3, -0.25) is 19.4 Å². The smallest absolute Gasteiger partial charge is 0.410 e. The Morgan fingerprint density at radius 2 is 1.09 bits per heavy atom. The van der Waals surface area contributed by atoms with Gasteiger partial charge in [0.05, 0.1) is 0 Å². The van der Waals surface area contributed by atoms with Crippen LogP contribution in [0.4, 0.5) is 21.0 Å². The van der Waals surface area contributed by atoms with Crippen LogP contribution in [0, 0.1) is 6.92 Å². The van der Waals surface area contributed by atoms with E-state index < -0.39 is 24.3 Å². The second kappa shape index (κ2) is 16.5. The summed E-state index contributed by atoms with van der Waals surface area (Å²) in [4.78, 5) is 59.8. The van der Waals surface area contributed by atoms with E-state index in [-0.39, 0.29) is 25.0 Å². The van der Waals surface area contributed by atoms with Crippen LogP contribution in [-0.4, -0.2) is 64.0 Å². The highest BCUT2D eigenvalue weighted by Crippen LogP contribution is 2.34. The molecular formula is C42H41N5O7. The first kappa shape index (κ1) is 36.0. The molecule has 4 amide bonds. The Hall–Kier alpha value is -6.43. The fraction of sp³-hybridized carbons (Fsp3) is 0.262. The number of nitrogens with one attached hydrogen (secondary N) is 2. The Morgan fingerprint density at radius 1 is 0.648 bits per heavy atom. The topological polar surface area (TPSA) is 143 Å². The Balaban J connectivity index is 0.952. The molecule has 2 N–H and O–H groups in total. The van der Waals surface area contributed by atoms with E-state index >= 15 is 0 Å². The van der Waals surface area contributed by atoms with Crippen molar-refractivity contribution in [1.82, 2.24) is 14.8 Å². The number of aryl methyl sites for hydroxylation is 1. The van der Waals surface area contributed by atoms with Crippen LogP contribution in [0.15, 0.2) is 114 Å². The molecule has 1 aromatic heterocycles. The SMILES string of the molecule is Cc1nc(-c2ccc(NC(=O)[C@@H]3CCCN3C(=O)OCc3ccccc3)cc2)c(-c2ccc(NC(=O)[C@@H]3CCCN3C(=O)OCc3ccccc3)cc2)o1. The molecule has 54 heavy (non-hydrogen) atoms. The number of hydrogen-bond acceptors (Lipinski definition) is 8. The number of oxazole rings is 1. The zero-order chi connectivity index (χ0) is 37.4. The highest BCUT2D eigenvalue weighted by molar-refractivity contribution is 5.98. The molecule has 2 aliphatic rings. The largest absolute Gasteiger partial charge is 0.445 e. The minimum Gasteiger partial charge on any atom is -0.445 e. The number of benzene rings is 4. The normalized spacial score (nSPS) is 16.5. The van der Waals surface area contributed by atoms with E-state index in [1.807, 2.05) is 84.9 Å². The average Bonchev–Trinajstić information content (AvgIpc) is 3.98. The first-order valence-corrected chi connectivity index (χ1v) is 18.1. The van der Waals surface area contributed by atoms with Crippen molar-refractivity contribution in [3.8, 4) is 22.6 Å². The van der Waals surface area contributed by atoms with Crippen LogP contribution in [0.5, 0.6) is 0 Å². The summed E-state index contributed by atoms with van der Waals surface area (Å²) >= 11 is 0.